The summed E-state index contributed by atoms with van der Waals surface area (Å²) in [7, 11) is 0. The van der Waals surface area contributed by atoms with Gasteiger partial charge >= 0.3 is 0 Å². The first-order valence-corrected chi connectivity index (χ1v) is 7.25. The second kappa shape index (κ2) is 7.40. The minimum Gasteiger partial charge on any atom is -0.312 e. The Morgan fingerprint density at radius 3 is 2.88 bits per heavy atom. The predicted molar refractivity (Wildman–Crippen MR) is 76.5 cm³/mol. The minimum atomic E-state index is 0.619. The van der Waals surface area contributed by atoms with Crippen LogP contribution in [0.5, 0.6) is 0 Å². The summed E-state index contributed by atoms with van der Waals surface area (Å²) in [6, 6.07) is 1.26. The summed E-state index contributed by atoms with van der Waals surface area (Å²) in [5.74, 6) is 0.739. The fourth-order valence-corrected chi connectivity index (χ4v) is 2.47. The molecule has 1 aliphatic rings. The molecule has 1 aliphatic heterocycles. The van der Waals surface area contributed by atoms with E-state index in [9.17, 15) is 0 Å². The van der Waals surface area contributed by atoms with Gasteiger partial charge in [0.2, 0.25) is 0 Å². The lowest BCUT2D eigenvalue weighted by molar-refractivity contribution is 0.203. The highest BCUT2D eigenvalue weighted by atomic mass is 35.5. The van der Waals surface area contributed by atoms with Gasteiger partial charge in [-0.1, -0.05) is 31.9 Å². The molecule has 100 valence electrons. The predicted octanol–water partition coefficient (Wildman–Crippen LogP) is 3.23. The van der Waals surface area contributed by atoms with Crippen LogP contribution in [0.2, 0.25) is 0 Å². The molecule has 3 atom stereocenters. The number of hydrogen-bond acceptors (Lipinski definition) is 2. The third kappa shape index (κ3) is 4.61. The summed E-state index contributed by atoms with van der Waals surface area (Å²) in [6.45, 7) is 12.3. The third-order valence-corrected chi connectivity index (χ3v) is 4.37. The van der Waals surface area contributed by atoms with E-state index in [1.54, 1.807) is 5.54 Å². The van der Waals surface area contributed by atoms with Crippen molar-refractivity contribution in [3.8, 4) is 0 Å². The number of halogens is 1. The Morgan fingerprint density at radius 2 is 2.29 bits per heavy atom. The van der Waals surface area contributed by atoms with Crippen molar-refractivity contribution in [1.29, 1.82) is 0 Å². The maximum Gasteiger partial charge on any atom is 0.0220 e. The molecule has 0 bridgehead atoms. The fraction of sp³-hybridized carbons (Fsp3) is 0.857. The van der Waals surface area contributed by atoms with Crippen LogP contribution < -0.4 is 5.32 Å². The summed E-state index contributed by atoms with van der Waals surface area (Å²) in [4.78, 5) is 2.56. The molecule has 0 spiro atoms. The molecular weight excluding hydrogens is 232 g/mol. The van der Waals surface area contributed by atoms with Crippen molar-refractivity contribution >= 4 is 11.6 Å². The van der Waals surface area contributed by atoms with Gasteiger partial charge in [0.25, 0.3) is 0 Å². The zero-order valence-electron chi connectivity index (χ0n) is 11.7. The van der Waals surface area contributed by atoms with Gasteiger partial charge in [-0.2, -0.15) is 0 Å². The van der Waals surface area contributed by atoms with E-state index >= 15 is 0 Å². The quantitative estimate of drug-likeness (QED) is 0.833. The second-order valence-electron chi connectivity index (χ2n) is 5.47. The molecule has 0 amide bonds. The van der Waals surface area contributed by atoms with E-state index in [0.29, 0.717) is 12.1 Å². The number of rotatable bonds is 4. The standard InChI is InChI=1S/C14H27ClN2/c1-5-12(3)14-10-17(9-11(2)8-15)13(4)6-7-16-14/h8,12-14,16H,5-7,9-10H2,1-4H3. The molecule has 0 aromatic carbocycles. The number of hydrogen-bond donors (Lipinski definition) is 1. The van der Waals surface area contributed by atoms with Crippen LogP contribution in [0.3, 0.4) is 0 Å². The number of nitrogens with zero attached hydrogens (tertiary/aromatic N) is 1. The Kier molecular flexibility index (Phi) is 6.53. The average molecular weight is 259 g/mol. The normalized spacial score (nSPS) is 30.1. The van der Waals surface area contributed by atoms with Gasteiger partial charge in [-0.3, -0.25) is 4.90 Å². The zero-order chi connectivity index (χ0) is 12.8. The van der Waals surface area contributed by atoms with Crippen LogP contribution in [-0.2, 0) is 0 Å². The van der Waals surface area contributed by atoms with Gasteiger partial charge in [0.1, 0.15) is 0 Å². The molecule has 0 aromatic rings. The minimum absolute atomic E-state index is 0.619. The topological polar surface area (TPSA) is 15.3 Å². The summed E-state index contributed by atoms with van der Waals surface area (Å²) in [6.07, 6.45) is 2.46. The molecule has 1 saturated heterocycles. The molecule has 2 nitrogen and oxygen atoms in total. The van der Waals surface area contributed by atoms with Gasteiger partial charge in [0, 0.05) is 30.7 Å². The lowest BCUT2D eigenvalue weighted by Gasteiger charge is -2.31. The van der Waals surface area contributed by atoms with Crippen LogP contribution in [0, 0.1) is 5.92 Å². The summed E-state index contributed by atoms with van der Waals surface area (Å²) in [5, 5.41) is 3.69. The Balaban J connectivity index is 2.64. The van der Waals surface area contributed by atoms with Crippen molar-refractivity contribution in [2.75, 3.05) is 19.6 Å². The van der Waals surface area contributed by atoms with E-state index < -0.39 is 0 Å². The molecule has 0 aliphatic carbocycles. The molecule has 1 rings (SSSR count). The van der Waals surface area contributed by atoms with Crippen molar-refractivity contribution in [2.24, 2.45) is 5.92 Å². The maximum absolute atomic E-state index is 5.78. The average Bonchev–Trinajstić information content (AvgIpc) is 2.51. The van der Waals surface area contributed by atoms with Crippen molar-refractivity contribution in [3.05, 3.63) is 11.1 Å². The van der Waals surface area contributed by atoms with Gasteiger partial charge < -0.3 is 5.32 Å². The first kappa shape index (κ1) is 15.0. The summed E-state index contributed by atoms with van der Waals surface area (Å²) < 4.78 is 0. The van der Waals surface area contributed by atoms with E-state index in [0.717, 1.165) is 25.6 Å². The van der Waals surface area contributed by atoms with Crippen molar-refractivity contribution < 1.29 is 0 Å². The van der Waals surface area contributed by atoms with E-state index in [1.165, 1.54) is 18.4 Å². The smallest absolute Gasteiger partial charge is 0.0220 e. The van der Waals surface area contributed by atoms with E-state index in [1.807, 2.05) is 0 Å². The van der Waals surface area contributed by atoms with E-state index in [2.05, 4.69) is 37.9 Å². The monoisotopic (exact) mass is 258 g/mol. The van der Waals surface area contributed by atoms with E-state index in [4.69, 9.17) is 11.6 Å². The molecule has 17 heavy (non-hydrogen) atoms. The molecule has 1 fully saturated rings. The number of nitrogens with one attached hydrogen (secondary N) is 1. The van der Waals surface area contributed by atoms with E-state index in [-0.39, 0.29) is 0 Å². The van der Waals surface area contributed by atoms with Crippen LogP contribution >= 0.6 is 11.6 Å². The summed E-state index contributed by atoms with van der Waals surface area (Å²) >= 11 is 5.78. The zero-order valence-corrected chi connectivity index (χ0v) is 12.4. The third-order valence-electron chi connectivity index (χ3n) is 3.99. The van der Waals surface area contributed by atoms with Gasteiger partial charge in [-0.25, -0.2) is 0 Å². The molecule has 0 saturated carbocycles. The second-order valence-corrected chi connectivity index (χ2v) is 5.69. The van der Waals surface area contributed by atoms with Crippen LogP contribution in [0.1, 0.15) is 40.5 Å². The molecule has 3 unspecified atom stereocenters. The maximum atomic E-state index is 5.78. The highest BCUT2D eigenvalue weighted by Gasteiger charge is 2.25. The van der Waals surface area contributed by atoms with Crippen molar-refractivity contribution in [2.45, 2.75) is 52.6 Å². The Labute approximate surface area is 111 Å². The van der Waals surface area contributed by atoms with Gasteiger partial charge in [-0.05, 0) is 38.3 Å². The Bertz CT molecular complexity index is 253. The van der Waals surface area contributed by atoms with Crippen LogP contribution in [0.4, 0.5) is 0 Å². The van der Waals surface area contributed by atoms with Gasteiger partial charge in [-0.15, -0.1) is 0 Å². The molecule has 0 radical (unpaired) electrons. The lowest BCUT2D eigenvalue weighted by Crippen LogP contribution is -2.44. The van der Waals surface area contributed by atoms with Crippen LogP contribution in [-0.4, -0.2) is 36.6 Å². The van der Waals surface area contributed by atoms with Crippen molar-refractivity contribution in [1.82, 2.24) is 10.2 Å². The van der Waals surface area contributed by atoms with Crippen LogP contribution in [0.15, 0.2) is 11.1 Å². The lowest BCUT2D eigenvalue weighted by atomic mass is 9.98. The highest BCUT2D eigenvalue weighted by Crippen LogP contribution is 2.17. The SMILES string of the molecule is CCC(C)C1CN(CC(C)=CCl)C(C)CCN1. The Hall–Kier alpha value is -0.0500. The first-order chi connectivity index (χ1) is 8.08. The molecular formula is C14H27ClN2. The van der Waals surface area contributed by atoms with Gasteiger partial charge in [0.15, 0.2) is 0 Å². The molecule has 0 aromatic heterocycles. The summed E-state index contributed by atoms with van der Waals surface area (Å²) in [5.41, 5.74) is 2.96. The van der Waals surface area contributed by atoms with Crippen molar-refractivity contribution in [3.63, 3.8) is 0 Å². The molecule has 3 heteroatoms. The van der Waals surface area contributed by atoms with Gasteiger partial charge in [0.05, 0.1) is 0 Å². The molecule has 1 N–H and O–H groups in total. The van der Waals surface area contributed by atoms with Crippen LogP contribution in [0.25, 0.3) is 0 Å². The molecule has 1 heterocycles. The fourth-order valence-electron chi connectivity index (χ4n) is 2.40. The Morgan fingerprint density at radius 1 is 1.59 bits per heavy atom. The first-order valence-electron chi connectivity index (χ1n) is 6.81. The highest BCUT2D eigenvalue weighted by molar-refractivity contribution is 6.25. The largest absolute Gasteiger partial charge is 0.312 e.